The van der Waals surface area contributed by atoms with Crippen molar-refractivity contribution in [3.8, 4) is 0 Å². The molecular formula is C9H17NO5S. The van der Waals surface area contributed by atoms with E-state index in [4.69, 9.17) is 0 Å². The van der Waals surface area contributed by atoms with E-state index in [1.165, 1.54) is 11.4 Å². The number of nitrogens with zero attached hydrogens (tertiary/aromatic N) is 1. The minimum absolute atomic E-state index is 0.0851. The molecule has 1 fully saturated rings. The topological polar surface area (TPSA) is 83.9 Å². The van der Waals surface area contributed by atoms with Crippen molar-refractivity contribution < 1.29 is 23.1 Å². The summed E-state index contributed by atoms with van der Waals surface area (Å²) in [4.78, 5) is 10.8. The Morgan fingerprint density at radius 3 is 2.50 bits per heavy atom. The van der Waals surface area contributed by atoms with E-state index in [2.05, 4.69) is 4.74 Å². The van der Waals surface area contributed by atoms with Gasteiger partial charge < -0.3 is 9.84 Å². The van der Waals surface area contributed by atoms with Crippen molar-refractivity contribution in [2.75, 3.05) is 26.0 Å². The largest absolute Gasteiger partial charge is 0.469 e. The first-order chi connectivity index (χ1) is 7.27. The van der Waals surface area contributed by atoms with E-state index < -0.39 is 21.6 Å². The van der Waals surface area contributed by atoms with Gasteiger partial charge in [-0.1, -0.05) is 0 Å². The third kappa shape index (κ3) is 3.43. The lowest BCUT2D eigenvalue weighted by Crippen LogP contribution is -2.61. The lowest BCUT2D eigenvalue weighted by atomic mass is 10.0. The van der Waals surface area contributed by atoms with Crippen LogP contribution in [0, 0.1) is 0 Å². The quantitative estimate of drug-likeness (QED) is 0.655. The molecule has 1 aliphatic rings. The zero-order valence-corrected chi connectivity index (χ0v) is 10.3. The van der Waals surface area contributed by atoms with Crippen molar-refractivity contribution in [3.63, 3.8) is 0 Å². The summed E-state index contributed by atoms with van der Waals surface area (Å²) in [5.74, 6) is -0.496. The number of carbonyl (C=O) groups excluding carboxylic acids is 1. The summed E-state index contributed by atoms with van der Waals surface area (Å²) < 4.78 is 28.9. The number of β-amino-alcohol motifs (C(OH)–C–C–N with tert-alkyl or cyclic N) is 1. The predicted molar refractivity (Wildman–Crippen MR) is 57.2 cm³/mol. The maximum absolute atomic E-state index is 11.6. The Bertz CT molecular complexity index is 354. The Morgan fingerprint density at radius 2 is 2.06 bits per heavy atom. The summed E-state index contributed by atoms with van der Waals surface area (Å²) >= 11 is 0. The molecule has 94 valence electrons. The van der Waals surface area contributed by atoms with Crippen molar-refractivity contribution in [1.82, 2.24) is 4.31 Å². The average Bonchev–Trinajstić information content (AvgIpc) is 2.13. The van der Waals surface area contributed by atoms with Crippen molar-refractivity contribution in [2.45, 2.75) is 25.4 Å². The summed E-state index contributed by atoms with van der Waals surface area (Å²) in [5.41, 5.74) is -0.907. The fraction of sp³-hybridized carbons (Fsp3) is 0.889. The van der Waals surface area contributed by atoms with Gasteiger partial charge >= 0.3 is 5.97 Å². The van der Waals surface area contributed by atoms with Crippen LogP contribution in [0.2, 0.25) is 0 Å². The molecule has 0 saturated carbocycles. The maximum atomic E-state index is 11.6. The molecule has 0 aromatic carbocycles. The molecule has 1 saturated heterocycles. The molecular weight excluding hydrogens is 234 g/mol. The number of carbonyl (C=O) groups is 1. The van der Waals surface area contributed by atoms with Gasteiger partial charge in [0.05, 0.1) is 18.5 Å². The number of rotatable bonds is 5. The Morgan fingerprint density at radius 1 is 1.50 bits per heavy atom. The summed E-state index contributed by atoms with van der Waals surface area (Å²) in [6.07, 6.45) is 0.341. The van der Waals surface area contributed by atoms with Gasteiger partial charge in [0.1, 0.15) is 0 Å². The third-order valence-corrected chi connectivity index (χ3v) is 4.29. The Hall–Kier alpha value is -0.660. The smallest absolute Gasteiger partial charge is 0.305 e. The number of ether oxygens (including phenoxy) is 1. The van der Waals surface area contributed by atoms with Crippen LogP contribution in [0.15, 0.2) is 0 Å². The highest BCUT2D eigenvalue weighted by Gasteiger charge is 2.42. The number of methoxy groups -OCH3 is 1. The first kappa shape index (κ1) is 13.4. The van der Waals surface area contributed by atoms with Crippen molar-refractivity contribution in [1.29, 1.82) is 0 Å². The van der Waals surface area contributed by atoms with E-state index in [0.29, 0.717) is 0 Å². The monoisotopic (exact) mass is 251 g/mol. The fourth-order valence-corrected chi connectivity index (χ4v) is 3.26. The fourth-order valence-electron chi connectivity index (χ4n) is 1.54. The maximum Gasteiger partial charge on any atom is 0.305 e. The van der Waals surface area contributed by atoms with Gasteiger partial charge in [-0.2, -0.15) is 4.31 Å². The molecule has 0 aromatic rings. The zero-order valence-electron chi connectivity index (χ0n) is 9.47. The average molecular weight is 251 g/mol. The van der Waals surface area contributed by atoms with Crippen LogP contribution in [0.1, 0.15) is 19.8 Å². The highest BCUT2D eigenvalue weighted by atomic mass is 32.2. The lowest BCUT2D eigenvalue weighted by Gasteiger charge is -2.42. The molecule has 1 rings (SSSR count). The van der Waals surface area contributed by atoms with E-state index in [0.717, 1.165) is 0 Å². The zero-order chi connectivity index (χ0) is 12.4. The Labute approximate surface area is 95.2 Å². The van der Waals surface area contributed by atoms with Gasteiger partial charge in [-0.3, -0.25) is 4.79 Å². The second-order valence-electron chi connectivity index (χ2n) is 4.26. The third-order valence-electron chi connectivity index (χ3n) is 2.44. The van der Waals surface area contributed by atoms with Gasteiger partial charge in [0.15, 0.2) is 0 Å². The summed E-state index contributed by atoms with van der Waals surface area (Å²) in [5, 5.41) is 9.42. The predicted octanol–water partition coefficient (Wildman–Crippen LogP) is -0.664. The van der Waals surface area contributed by atoms with Crippen LogP contribution in [-0.4, -0.2) is 55.4 Å². The lowest BCUT2D eigenvalue weighted by molar-refractivity contribution is -0.140. The first-order valence-electron chi connectivity index (χ1n) is 5.04. The molecule has 0 bridgehead atoms. The molecule has 6 nitrogen and oxygen atoms in total. The van der Waals surface area contributed by atoms with E-state index in [1.54, 1.807) is 6.92 Å². The molecule has 0 aromatic heterocycles. The normalized spacial score (nSPS) is 20.2. The van der Waals surface area contributed by atoms with E-state index in [-0.39, 0.29) is 31.7 Å². The molecule has 7 heteroatoms. The van der Waals surface area contributed by atoms with Gasteiger partial charge in [0.25, 0.3) is 0 Å². The standard InChI is InChI=1S/C9H17NO5S/c1-9(12)6-10(7-9)16(13,14)5-3-4-8(11)15-2/h12H,3-7H2,1-2H3. The highest BCUT2D eigenvalue weighted by Crippen LogP contribution is 2.23. The van der Waals surface area contributed by atoms with Gasteiger partial charge in [0, 0.05) is 19.5 Å². The van der Waals surface area contributed by atoms with Crippen LogP contribution in [0.3, 0.4) is 0 Å². The Kier molecular flexibility index (Phi) is 3.92. The van der Waals surface area contributed by atoms with Crippen LogP contribution in [0.4, 0.5) is 0 Å². The molecule has 0 radical (unpaired) electrons. The van der Waals surface area contributed by atoms with Crippen LogP contribution in [-0.2, 0) is 19.6 Å². The molecule has 1 heterocycles. The molecule has 1 N–H and O–H groups in total. The van der Waals surface area contributed by atoms with E-state index in [1.807, 2.05) is 0 Å². The summed E-state index contributed by atoms with van der Waals surface area (Å²) in [7, 11) is -2.07. The molecule has 0 atom stereocenters. The van der Waals surface area contributed by atoms with Crippen LogP contribution >= 0.6 is 0 Å². The SMILES string of the molecule is COC(=O)CCCS(=O)(=O)N1CC(C)(O)C1. The highest BCUT2D eigenvalue weighted by molar-refractivity contribution is 7.89. The number of hydrogen-bond donors (Lipinski definition) is 1. The number of esters is 1. The number of sulfonamides is 1. The number of hydrogen-bond acceptors (Lipinski definition) is 5. The van der Waals surface area contributed by atoms with Crippen molar-refractivity contribution >= 4 is 16.0 Å². The van der Waals surface area contributed by atoms with Gasteiger partial charge in [-0.25, -0.2) is 8.42 Å². The first-order valence-corrected chi connectivity index (χ1v) is 6.65. The van der Waals surface area contributed by atoms with Crippen molar-refractivity contribution in [3.05, 3.63) is 0 Å². The van der Waals surface area contributed by atoms with E-state index in [9.17, 15) is 18.3 Å². The molecule has 0 amide bonds. The van der Waals surface area contributed by atoms with Crippen LogP contribution in [0.5, 0.6) is 0 Å². The summed E-state index contributed by atoms with van der Waals surface area (Å²) in [6.45, 7) is 1.86. The van der Waals surface area contributed by atoms with E-state index >= 15 is 0 Å². The van der Waals surface area contributed by atoms with Crippen LogP contribution < -0.4 is 0 Å². The minimum atomic E-state index is -3.33. The molecule has 1 aliphatic heterocycles. The van der Waals surface area contributed by atoms with Crippen LogP contribution in [0.25, 0.3) is 0 Å². The molecule has 0 spiro atoms. The van der Waals surface area contributed by atoms with Gasteiger partial charge in [-0.15, -0.1) is 0 Å². The van der Waals surface area contributed by atoms with Gasteiger partial charge in [-0.05, 0) is 13.3 Å². The summed E-state index contributed by atoms with van der Waals surface area (Å²) in [6, 6.07) is 0. The minimum Gasteiger partial charge on any atom is -0.469 e. The van der Waals surface area contributed by atoms with Gasteiger partial charge in [0.2, 0.25) is 10.0 Å². The number of aliphatic hydroxyl groups is 1. The van der Waals surface area contributed by atoms with Crippen molar-refractivity contribution in [2.24, 2.45) is 0 Å². The Balaban J connectivity index is 2.34. The molecule has 0 aliphatic carbocycles. The molecule has 0 unspecified atom stereocenters. The molecule has 16 heavy (non-hydrogen) atoms. The second kappa shape index (κ2) is 4.68. The second-order valence-corrected chi connectivity index (χ2v) is 6.35.